The third-order valence-corrected chi connectivity index (χ3v) is 6.19. The summed E-state index contributed by atoms with van der Waals surface area (Å²) < 4.78 is 68.6. The van der Waals surface area contributed by atoms with E-state index >= 15 is 4.39 Å². The van der Waals surface area contributed by atoms with Crippen LogP contribution >= 0.6 is 0 Å². The van der Waals surface area contributed by atoms with Gasteiger partial charge < -0.3 is 19.9 Å². The van der Waals surface area contributed by atoms with Gasteiger partial charge >= 0.3 is 24.1 Å². The minimum atomic E-state index is -5.49. The Morgan fingerprint density at radius 1 is 1.14 bits per heavy atom. The molecule has 2 N–H and O–H groups in total. The number of halogens is 4. The van der Waals surface area contributed by atoms with Gasteiger partial charge in [0.05, 0.1) is 11.7 Å². The van der Waals surface area contributed by atoms with Crippen LogP contribution in [0.25, 0.3) is 0 Å². The third-order valence-electron chi connectivity index (χ3n) is 6.19. The first kappa shape index (κ1) is 32.6. The smallest absolute Gasteiger partial charge is 0.471 e. The van der Waals surface area contributed by atoms with Gasteiger partial charge in [-0.05, 0) is 45.2 Å². The van der Waals surface area contributed by atoms with Gasteiger partial charge in [-0.15, -0.1) is 0 Å². The first-order valence-corrected chi connectivity index (χ1v) is 13.3. The largest absolute Gasteiger partial charge is 0.487 e. The summed E-state index contributed by atoms with van der Waals surface area (Å²) >= 11 is 0. The zero-order valence-electron chi connectivity index (χ0n) is 24.0. The highest BCUT2D eigenvalue weighted by Crippen LogP contribution is 2.45. The number of hydrogen-bond donors (Lipinski definition) is 2. The number of amides is 2. The maximum atomic E-state index is 16.4. The fourth-order valence-electron chi connectivity index (χ4n) is 4.54. The van der Waals surface area contributed by atoms with Crippen LogP contribution in [0.3, 0.4) is 0 Å². The van der Waals surface area contributed by atoms with Crippen molar-refractivity contribution < 1.29 is 46.5 Å². The molecule has 2 aromatic rings. The Morgan fingerprint density at radius 2 is 1.79 bits per heavy atom. The molecule has 2 amide bonds. The van der Waals surface area contributed by atoms with Crippen LogP contribution in [0.4, 0.5) is 33.7 Å². The lowest BCUT2D eigenvalue weighted by atomic mass is 10.1. The predicted molar refractivity (Wildman–Crippen MR) is 147 cm³/mol. The Morgan fingerprint density at radius 3 is 2.33 bits per heavy atom. The minimum absolute atomic E-state index is 0.0561. The first-order valence-electron chi connectivity index (χ1n) is 13.3. The molecule has 0 aliphatic carbocycles. The van der Waals surface area contributed by atoms with E-state index in [1.807, 2.05) is 13.8 Å². The molecule has 3 rings (SSSR count). The number of rotatable bonds is 10. The molecule has 0 saturated heterocycles. The van der Waals surface area contributed by atoms with E-state index in [2.05, 4.69) is 5.32 Å². The molecular weight excluding hydrogens is 562 g/mol. The number of nitrogens with zero attached hydrogens (tertiary/aromatic N) is 2. The summed E-state index contributed by atoms with van der Waals surface area (Å²) in [5.74, 6) is -5.33. The van der Waals surface area contributed by atoms with Crippen molar-refractivity contribution >= 4 is 29.3 Å². The van der Waals surface area contributed by atoms with Gasteiger partial charge in [0.1, 0.15) is 30.2 Å². The van der Waals surface area contributed by atoms with E-state index in [-0.39, 0.29) is 41.6 Å². The molecule has 0 saturated carbocycles. The van der Waals surface area contributed by atoms with Gasteiger partial charge in [0.15, 0.2) is 5.82 Å². The van der Waals surface area contributed by atoms with E-state index in [1.54, 1.807) is 30.3 Å². The molecule has 9 nitrogen and oxygen atoms in total. The summed E-state index contributed by atoms with van der Waals surface area (Å²) in [5, 5.41) is 13.1. The quantitative estimate of drug-likeness (QED) is 0.283. The highest BCUT2D eigenvalue weighted by atomic mass is 19.4. The summed E-state index contributed by atoms with van der Waals surface area (Å²) in [6.45, 7) is 7.51. The highest BCUT2D eigenvalue weighted by molar-refractivity contribution is 6.03. The maximum absolute atomic E-state index is 16.4. The molecule has 13 heteroatoms. The van der Waals surface area contributed by atoms with Crippen LogP contribution in [0, 0.1) is 11.7 Å². The average molecular weight is 598 g/mol. The van der Waals surface area contributed by atoms with Gasteiger partial charge in [0.25, 0.3) is 0 Å². The average Bonchev–Trinajstić information content (AvgIpc) is 3.23. The molecule has 230 valence electrons. The van der Waals surface area contributed by atoms with Crippen LogP contribution in [0.5, 0.6) is 5.75 Å². The topological polar surface area (TPSA) is 108 Å². The monoisotopic (exact) mass is 597 g/mol. The van der Waals surface area contributed by atoms with E-state index in [0.717, 1.165) is 11.0 Å². The second kappa shape index (κ2) is 13.0. The van der Waals surface area contributed by atoms with E-state index in [4.69, 9.17) is 9.47 Å². The summed E-state index contributed by atoms with van der Waals surface area (Å²) in [6, 6.07) is 8.72. The normalized spacial score (nSPS) is 15.0. The third kappa shape index (κ3) is 8.11. The molecule has 42 heavy (non-hydrogen) atoms. The first-order chi connectivity index (χ1) is 19.5. The number of carboxylic acid groups (broad SMARTS) is 1. The number of nitrogens with one attached hydrogen (secondary N) is 1. The van der Waals surface area contributed by atoms with E-state index in [0.29, 0.717) is 12.1 Å². The SMILES string of the molecule is CC(C)CNC[C@H]1Cc2c(cc(OCc3ccccc3)c(N(CC(=O)OC(C)(C)C)C(=O)C(F)(F)F)c2F)N1C(=O)O. The number of fused-ring (bicyclic) bond motifs is 1. The molecule has 0 spiro atoms. The number of anilines is 2. The van der Waals surface area contributed by atoms with Gasteiger partial charge in [0, 0.05) is 18.2 Å². The summed E-state index contributed by atoms with van der Waals surface area (Å²) in [6.07, 6.45) is -7.07. The molecule has 0 radical (unpaired) electrons. The number of esters is 1. The molecule has 0 fully saturated rings. The number of carbonyl (C=O) groups excluding carboxylic acids is 2. The zero-order valence-corrected chi connectivity index (χ0v) is 24.0. The molecule has 1 aliphatic heterocycles. The molecule has 1 aliphatic rings. The van der Waals surface area contributed by atoms with Gasteiger partial charge in [-0.25, -0.2) is 9.18 Å². The maximum Gasteiger partial charge on any atom is 0.471 e. The Balaban J connectivity index is 2.16. The van der Waals surface area contributed by atoms with Gasteiger partial charge in [-0.1, -0.05) is 44.2 Å². The van der Waals surface area contributed by atoms with Crippen LogP contribution in [0.1, 0.15) is 45.7 Å². The molecule has 1 heterocycles. The summed E-state index contributed by atoms with van der Waals surface area (Å²) in [7, 11) is 0. The second-order valence-electron chi connectivity index (χ2n) is 11.3. The Hall–Kier alpha value is -3.87. The van der Waals surface area contributed by atoms with Crippen molar-refractivity contribution in [3.05, 3.63) is 53.3 Å². The predicted octanol–water partition coefficient (Wildman–Crippen LogP) is 5.30. The fourth-order valence-corrected chi connectivity index (χ4v) is 4.54. The van der Waals surface area contributed by atoms with Crippen molar-refractivity contribution in [1.29, 1.82) is 0 Å². The minimum Gasteiger partial charge on any atom is -0.487 e. The van der Waals surface area contributed by atoms with Gasteiger partial charge in [-0.2, -0.15) is 13.2 Å². The number of alkyl halides is 3. The van der Waals surface area contributed by atoms with E-state index in [9.17, 15) is 32.7 Å². The molecule has 1 atom stereocenters. The van der Waals surface area contributed by atoms with Crippen molar-refractivity contribution in [3.63, 3.8) is 0 Å². The Bertz CT molecular complexity index is 1300. The van der Waals surface area contributed by atoms with Gasteiger partial charge in [0.2, 0.25) is 0 Å². The van der Waals surface area contributed by atoms with Crippen LogP contribution < -0.4 is 19.9 Å². The lowest BCUT2D eigenvalue weighted by Crippen LogP contribution is -2.46. The van der Waals surface area contributed by atoms with Crippen molar-refractivity contribution in [2.24, 2.45) is 5.92 Å². The number of carbonyl (C=O) groups is 3. The van der Waals surface area contributed by atoms with Crippen LogP contribution in [-0.4, -0.2) is 60.5 Å². The fraction of sp³-hybridized carbons (Fsp3) is 0.483. The number of ether oxygens (including phenoxy) is 2. The second-order valence-corrected chi connectivity index (χ2v) is 11.3. The number of hydrogen-bond acceptors (Lipinski definition) is 6. The van der Waals surface area contributed by atoms with Crippen molar-refractivity contribution in [1.82, 2.24) is 5.32 Å². The van der Waals surface area contributed by atoms with Crippen LogP contribution in [0.15, 0.2) is 36.4 Å². The molecule has 0 unspecified atom stereocenters. The van der Waals surface area contributed by atoms with Crippen molar-refractivity contribution in [2.75, 3.05) is 29.4 Å². The number of benzene rings is 2. The van der Waals surface area contributed by atoms with Crippen LogP contribution in [-0.2, 0) is 27.4 Å². The zero-order chi connectivity index (χ0) is 31.4. The van der Waals surface area contributed by atoms with E-state index in [1.165, 1.54) is 20.8 Å². The standard InChI is InChI=1S/C29H35F4N3O6/c1-17(2)13-34-14-19-11-20-21(36(19)27(39)40)12-22(41-16-18-9-7-6-8-10-18)25(24(20)30)35(26(38)29(31,32)33)15-23(37)42-28(3,4)5/h6-10,12,17,19,34H,11,13-16H2,1-5H3,(H,39,40)/t19-/m1/s1. The van der Waals surface area contributed by atoms with Crippen molar-refractivity contribution in [2.45, 2.75) is 65.5 Å². The van der Waals surface area contributed by atoms with E-state index < -0.39 is 59.6 Å². The molecule has 0 bridgehead atoms. The molecular formula is C29H35F4N3O6. The molecule has 0 aromatic heterocycles. The van der Waals surface area contributed by atoms with Crippen LogP contribution in [0.2, 0.25) is 0 Å². The van der Waals surface area contributed by atoms with Crippen molar-refractivity contribution in [3.8, 4) is 5.75 Å². The Kier molecular flexibility index (Phi) is 10.1. The summed E-state index contributed by atoms with van der Waals surface area (Å²) in [5.41, 5.74) is -1.82. The van der Waals surface area contributed by atoms with Gasteiger partial charge in [-0.3, -0.25) is 19.4 Å². The Labute approximate surface area is 241 Å². The highest BCUT2D eigenvalue weighted by Gasteiger charge is 2.47. The summed E-state index contributed by atoms with van der Waals surface area (Å²) in [4.78, 5) is 38.4. The molecule has 2 aromatic carbocycles. The lowest BCUT2D eigenvalue weighted by Gasteiger charge is -2.28. The lowest BCUT2D eigenvalue weighted by molar-refractivity contribution is -0.171.